The number of primary amides is 1. The van der Waals surface area contributed by atoms with Crippen molar-refractivity contribution in [3.05, 3.63) is 17.7 Å². The van der Waals surface area contributed by atoms with Crippen LogP contribution in [0.25, 0.3) is 0 Å². The second-order valence-electron chi connectivity index (χ2n) is 5.15. The molecule has 2 rings (SSSR count). The van der Waals surface area contributed by atoms with Gasteiger partial charge in [0.25, 0.3) is 5.91 Å². The molecule has 2 N–H and O–H groups in total. The molecule has 9 heteroatoms. The van der Waals surface area contributed by atoms with Gasteiger partial charge in [0.2, 0.25) is 0 Å². The molecule has 0 aliphatic carbocycles. The third-order valence-electron chi connectivity index (χ3n) is 2.41. The Bertz CT molecular complexity index is 578. The Hall–Kier alpha value is -2.32. The molecule has 0 fully saturated rings. The monoisotopic (exact) mass is 264 g/mol. The van der Waals surface area contributed by atoms with Gasteiger partial charge in [-0.15, -0.1) is 15.3 Å². The number of nitrogens with two attached hydrogens (primary N) is 1. The van der Waals surface area contributed by atoms with Crippen LogP contribution in [0, 0.1) is 0 Å². The van der Waals surface area contributed by atoms with E-state index in [9.17, 15) is 4.79 Å². The fourth-order valence-electron chi connectivity index (χ4n) is 1.36. The summed E-state index contributed by atoms with van der Waals surface area (Å²) >= 11 is 0. The molecule has 19 heavy (non-hydrogen) atoms. The van der Waals surface area contributed by atoms with Gasteiger partial charge in [0.1, 0.15) is 0 Å². The quantitative estimate of drug-likeness (QED) is 0.785. The molecule has 9 nitrogen and oxygen atoms in total. The Morgan fingerprint density at radius 2 is 2.05 bits per heavy atom. The molecule has 0 atom stereocenters. The molecule has 0 saturated carbocycles. The van der Waals surface area contributed by atoms with Crippen LogP contribution in [0.2, 0.25) is 0 Å². The van der Waals surface area contributed by atoms with E-state index in [0.29, 0.717) is 18.8 Å². The van der Waals surface area contributed by atoms with E-state index in [1.165, 1.54) is 10.9 Å². The zero-order valence-corrected chi connectivity index (χ0v) is 11.1. The lowest BCUT2D eigenvalue weighted by molar-refractivity contribution is 0.0995. The van der Waals surface area contributed by atoms with Crippen LogP contribution < -0.4 is 5.73 Å². The Labute approximate surface area is 109 Å². The van der Waals surface area contributed by atoms with Gasteiger partial charge in [-0.25, -0.2) is 0 Å². The van der Waals surface area contributed by atoms with Crippen LogP contribution in [0.5, 0.6) is 0 Å². The standard InChI is InChI=1S/C10H16N8O/c1-10(2,3)18-14-8(13-16-18)4-5-17-6-7(9(11)19)12-15-17/h6H,4-5H2,1-3H3,(H2,11,19). The number of carbonyl (C=O) groups excluding carboxylic acids is 1. The molecule has 0 radical (unpaired) electrons. The van der Waals surface area contributed by atoms with Gasteiger partial charge in [-0.2, -0.15) is 4.80 Å². The predicted molar refractivity (Wildman–Crippen MR) is 65.1 cm³/mol. The first kappa shape index (κ1) is 13.1. The highest BCUT2D eigenvalue weighted by Gasteiger charge is 2.17. The molecule has 0 aliphatic heterocycles. The number of hydrogen-bond acceptors (Lipinski definition) is 6. The number of rotatable bonds is 4. The summed E-state index contributed by atoms with van der Waals surface area (Å²) in [6, 6.07) is 0. The molecule has 0 bridgehead atoms. The normalized spacial score (nSPS) is 11.7. The molecule has 0 saturated heterocycles. The summed E-state index contributed by atoms with van der Waals surface area (Å²) in [5, 5.41) is 19.7. The van der Waals surface area contributed by atoms with Crippen LogP contribution in [0.4, 0.5) is 0 Å². The Balaban J connectivity index is 1.98. The van der Waals surface area contributed by atoms with Gasteiger partial charge in [-0.05, 0) is 26.0 Å². The fraction of sp³-hybridized carbons (Fsp3) is 0.600. The van der Waals surface area contributed by atoms with E-state index >= 15 is 0 Å². The van der Waals surface area contributed by atoms with E-state index in [-0.39, 0.29) is 11.2 Å². The van der Waals surface area contributed by atoms with Crippen molar-refractivity contribution in [1.29, 1.82) is 0 Å². The molecule has 2 aromatic heterocycles. The predicted octanol–water partition coefficient (Wildman–Crippen LogP) is -0.639. The summed E-state index contributed by atoms with van der Waals surface area (Å²) in [5.74, 6) is 0.0223. The summed E-state index contributed by atoms with van der Waals surface area (Å²) in [4.78, 5) is 12.4. The zero-order valence-electron chi connectivity index (χ0n) is 11.1. The van der Waals surface area contributed by atoms with Crippen molar-refractivity contribution in [2.24, 2.45) is 5.73 Å². The Morgan fingerprint density at radius 3 is 2.58 bits per heavy atom. The second-order valence-corrected chi connectivity index (χ2v) is 5.15. The molecule has 2 heterocycles. The minimum atomic E-state index is -0.594. The highest BCUT2D eigenvalue weighted by molar-refractivity contribution is 5.90. The van der Waals surface area contributed by atoms with Crippen molar-refractivity contribution in [3.8, 4) is 0 Å². The van der Waals surface area contributed by atoms with Crippen molar-refractivity contribution in [2.75, 3.05) is 0 Å². The van der Waals surface area contributed by atoms with Crippen LogP contribution in [0.15, 0.2) is 6.20 Å². The lowest BCUT2D eigenvalue weighted by atomic mass is 10.1. The SMILES string of the molecule is CC(C)(C)n1nnc(CCn2cc(C(N)=O)nn2)n1. The highest BCUT2D eigenvalue weighted by Crippen LogP contribution is 2.09. The summed E-state index contributed by atoms with van der Waals surface area (Å²) in [7, 11) is 0. The molecule has 0 aliphatic rings. The number of nitrogens with zero attached hydrogens (tertiary/aromatic N) is 7. The fourth-order valence-corrected chi connectivity index (χ4v) is 1.36. The average Bonchev–Trinajstić information content (AvgIpc) is 2.95. The molecule has 2 aromatic rings. The Kier molecular flexibility index (Phi) is 3.28. The summed E-state index contributed by atoms with van der Waals surface area (Å²) < 4.78 is 1.53. The Morgan fingerprint density at radius 1 is 1.32 bits per heavy atom. The van der Waals surface area contributed by atoms with Crippen LogP contribution in [0.3, 0.4) is 0 Å². The van der Waals surface area contributed by atoms with Crippen molar-refractivity contribution in [2.45, 2.75) is 39.3 Å². The minimum absolute atomic E-state index is 0.145. The third-order valence-corrected chi connectivity index (χ3v) is 2.41. The lowest BCUT2D eigenvalue weighted by Gasteiger charge is -2.15. The van der Waals surface area contributed by atoms with E-state index in [0.717, 1.165) is 0 Å². The van der Waals surface area contributed by atoms with E-state index in [4.69, 9.17) is 5.73 Å². The minimum Gasteiger partial charge on any atom is -0.364 e. The van der Waals surface area contributed by atoms with Gasteiger partial charge >= 0.3 is 0 Å². The van der Waals surface area contributed by atoms with Crippen molar-refractivity contribution < 1.29 is 4.79 Å². The van der Waals surface area contributed by atoms with Crippen LogP contribution in [-0.4, -0.2) is 41.1 Å². The molecule has 102 valence electrons. The van der Waals surface area contributed by atoms with Gasteiger partial charge in [-0.3, -0.25) is 9.48 Å². The number of carbonyl (C=O) groups is 1. The summed E-state index contributed by atoms with van der Waals surface area (Å²) in [6.45, 7) is 6.50. The molecular weight excluding hydrogens is 248 g/mol. The van der Waals surface area contributed by atoms with Crippen LogP contribution in [0.1, 0.15) is 37.1 Å². The van der Waals surface area contributed by atoms with Gasteiger partial charge in [0, 0.05) is 13.0 Å². The van der Waals surface area contributed by atoms with E-state index in [1.807, 2.05) is 20.8 Å². The van der Waals surface area contributed by atoms with Gasteiger partial charge in [0.15, 0.2) is 11.5 Å². The molecule has 0 aromatic carbocycles. The number of aromatic nitrogens is 7. The van der Waals surface area contributed by atoms with Gasteiger partial charge < -0.3 is 5.73 Å². The topological polar surface area (TPSA) is 117 Å². The first-order valence-corrected chi connectivity index (χ1v) is 5.85. The van der Waals surface area contributed by atoms with E-state index in [1.54, 1.807) is 4.80 Å². The summed E-state index contributed by atoms with van der Waals surface area (Å²) in [6.07, 6.45) is 2.05. The van der Waals surface area contributed by atoms with Gasteiger partial charge in [0.05, 0.1) is 11.7 Å². The molecule has 1 amide bonds. The number of hydrogen-bond donors (Lipinski definition) is 1. The van der Waals surface area contributed by atoms with Crippen molar-refractivity contribution in [1.82, 2.24) is 35.2 Å². The number of tetrazole rings is 1. The van der Waals surface area contributed by atoms with Crippen molar-refractivity contribution in [3.63, 3.8) is 0 Å². The third kappa shape index (κ3) is 3.12. The van der Waals surface area contributed by atoms with E-state index in [2.05, 4.69) is 25.7 Å². The molecule has 0 unspecified atom stereocenters. The molecule has 0 spiro atoms. The maximum atomic E-state index is 10.9. The van der Waals surface area contributed by atoms with Gasteiger partial charge in [-0.1, -0.05) is 5.21 Å². The lowest BCUT2D eigenvalue weighted by Crippen LogP contribution is -2.24. The number of aryl methyl sites for hydroxylation is 2. The molecular formula is C10H16N8O. The van der Waals surface area contributed by atoms with Crippen LogP contribution >= 0.6 is 0 Å². The van der Waals surface area contributed by atoms with Crippen LogP contribution in [-0.2, 0) is 18.5 Å². The zero-order chi connectivity index (χ0) is 14.0. The maximum Gasteiger partial charge on any atom is 0.270 e. The second kappa shape index (κ2) is 4.75. The maximum absolute atomic E-state index is 10.9. The van der Waals surface area contributed by atoms with Crippen molar-refractivity contribution >= 4 is 5.91 Å². The average molecular weight is 264 g/mol. The largest absolute Gasteiger partial charge is 0.364 e. The first-order chi connectivity index (χ1) is 8.86. The van der Waals surface area contributed by atoms with E-state index < -0.39 is 5.91 Å². The number of amides is 1. The smallest absolute Gasteiger partial charge is 0.270 e. The highest BCUT2D eigenvalue weighted by atomic mass is 16.1. The summed E-state index contributed by atoms with van der Waals surface area (Å²) in [5.41, 5.74) is 5.04. The first-order valence-electron chi connectivity index (χ1n) is 5.85.